The van der Waals surface area contributed by atoms with E-state index in [0.717, 1.165) is 12.8 Å². The van der Waals surface area contributed by atoms with Gasteiger partial charge in [0.1, 0.15) is 0 Å². The molecule has 2 nitrogen and oxygen atoms in total. The Bertz CT molecular complexity index is 124. The third-order valence-corrected chi connectivity index (χ3v) is 1.24. The van der Waals surface area contributed by atoms with Crippen LogP contribution in [-0.4, -0.2) is 5.78 Å². The van der Waals surface area contributed by atoms with E-state index in [4.69, 9.17) is 5.73 Å². The van der Waals surface area contributed by atoms with Crippen molar-refractivity contribution < 1.29 is 4.79 Å². The van der Waals surface area contributed by atoms with Crippen LogP contribution in [0.3, 0.4) is 0 Å². The third-order valence-electron chi connectivity index (χ3n) is 1.24. The van der Waals surface area contributed by atoms with Crippen LogP contribution in [0.15, 0.2) is 12.3 Å². The fourth-order valence-electron chi connectivity index (χ4n) is 0.599. The summed E-state index contributed by atoms with van der Waals surface area (Å²) in [4.78, 5) is 10.6. The normalized spacial score (nSPS) is 19.5. The lowest BCUT2D eigenvalue weighted by molar-refractivity contribution is -0.115. The summed E-state index contributed by atoms with van der Waals surface area (Å²) in [6, 6.07) is 0. The standard InChI is InChI=1S/C6H9NO/c7-4-3-6(8)5-1-2-5/h3-5H,1-2,7H2. The molecule has 8 heavy (non-hydrogen) atoms. The fraction of sp³-hybridized carbons (Fsp3) is 0.500. The molecule has 2 N–H and O–H groups in total. The van der Waals surface area contributed by atoms with Crippen LogP contribution in [0, 0.1) is 5.92 Å². The summed E-state index contributed by atoms with van der Waals surface area (Å²) in [6.07, 6.45) is 4.87. The maximum Gasteiger partial charge on any atom is 0.160 e. The number of ketones is 1. The van der Waals surface area contributed by atoms with Crippen molar-refractivity contribution >= 4 is 5.78 Å². The zero-order chi connectivity index (χ0) is 5.98. The molecule has 1 aliphatic rings. The lowest BCUT2D eigenvalue weighted by atomic mass is 10.3. The molecule has 0 amide bonds. The average Bonchev–Trinajstić information content (AvgIpc) is 2.45. The van der Waals surface area contributed by atoms with Crippen molar-refractivity contribution in [1.82, 2.24) is 0 Å². The van der Waals surface area contributed by atoms with Gasteiger partial charge in [0, 0.05) is 5.92 Å². The maximum absolute atomic E-state index is 10.6. The summed E-state index contributed by atoms with van der Waals surface area (Å²) in [5.41, 5.74) is 4.99. The van der Waals surface area contributed by atoms with E-state index in [-0.39, 0.29) is 5.78 Å². The number of hydrogen-bond donors (Lipinski definition) is 1. The topological polar surface area (TPSA) is 43.1 Å². The monoisotopic (exact) mass is 111 g/mol. The molecule has 2 heteroatoms. The van der Waals surface area contributed by atoms with Gasteiger partial charge in [-0.1, -0.05) is 0 Å². The molecule has 0 unspecified atom stereocenters. The van der Waals surface area contributed by atoms with Gasteiger partial charge in [0.25, 0.3) is 0 Å². The second-order valence-corrected chi connectivity index (χ2v) is 2.04. The first-order valence-electron chi connectivity index (χ1n) is 2.76. The van der Waals surface area contributed by atoms with Gasteiger partial charge in [-0.15, -0.1) is 0 Å². The van der Waals surface area contributed by atoms with Crippen molar-refractivity contribution in [3.63, 3.8) is 0 Å². The number of hydrogen-bond acceptors (Lipinski definition) is 2. The summed E-state index contributed by atoms with van der Waals surface area (Å²) in [7, 11) is 0. The van der Waals surface area contributed by atoms with Crippen molar-refractivity contribution in [3.8, 4) is 0 Å². The van der Waals surface area contributed by atoms with E-state index in [0.29, 0.717) is 5.92 Å². The summed E-state index contributed by atoms with van der Waals surface area (Å²) < 4.78 is 0. The molecule has 44 valence electrons. The van der Waals surface area contributed by atoms with Crippen LogP contribution in [0.5, 0.6) is 0 Å². The van der Waals surface area contributed by atoms with Crippen molar-refractivity contribution in [1.29, 1.82) is 0 Å². The van der Waals surface area contributed by atoms with Crippen molar-refractivity contribution in [2.75, 3.05) is 0 Å². The Morgan fingerprint density at radius 2 is 2.25 bits per heavy atom. The van der Waals surface area contributed by atoms with Gasteiger partial charge in [-0.3, -0.25) is 4.79 Å². The van der Waals surface area contributed by atoms with E-state index in [1.807, 2.05) is 0 Å². The van der Waals surface area contributed by atoms with Gasteiger partial charge < -0.3 is 5.73 Å². The molecule has 1 rings (SSSR count). The number of allylic oxidation sites excluding steroid dienone is 1. The minimum Gasteiger partial charge on any atom is -0.404 e. The van der Waals surface area contributed by atoms with Crippen molar-refractivity contribution in [3.05, 3.63) is 12.3 Å². The molecule has 0 saturated heterocycles. The Hall–Kier alpha value is -0.790. The van der Waals surface area contributed by atoms with E-state index >= 15 is 0 Å². The van der Waals surface area contributed by atoms with E-state index < -0.39 is 0 Å². The first kappa shape index (κ1) is 5.35. The Labute approximate surface area is 48.4 Å². The summed E-state index contributed by atoms with van der Waals surface area (Å²) in [5, 5.41) is 0. The SMILES string of the molecule is NC=CC(=O)C1CC1. The highest BCUT2D eigenvalue weighted by molar-refractivity contribution is 5.93. The number of nitrogens with two attached hydrogens (primary N) is 1. The highest BCUT2D eigenvalue weighted by atomic mass is 16.1. The van der Waals surface area contributed by atoms with Crippen molar-refractivity contribution in [2.24, 2.45) is 11.7 Å². The van der Waals surface area contributed by atoms with Gasteiger partial charge >= 0.3 is 0 Å². The summed E-state index contributed by atoms with van der Waals surface area (Å²) in [6.45, 7) is 0. The molecular formula is C6H9NO. The highest BCUT2D eigenvalue weighted by Crippen LogP contribution is 2.29. The molecule has 1 fully saturated rings. The van der Waals surface area contributed by atoms with E-state index in [1.54, 1.807) is 0 Å². The molecule has 0 aromatic heterocycles. The third kappa shape index (κ3) is 1.09. The Balaban J connectivity index is 2.33. The first-order valence-corrected chi connectivity index (χ1v) is 2.76. The van der Waals surface area contributed by atoms with E-state index in [1.165, 1.54) is 12.3 Å². The smallest absolute Gasteiger partial charge is 0.160 e. The number of carbonyl (C=O) groups is 1. The maximum atomic E-state index is 10.6. The molecule has 0 heterocycles. The van der Waals surface area contributed by atoms with Crippen LogP contribution in [0.2, 0.25) is 0 Å². The van der Waals surface area contributed by atoms with Gasteiger partial charge in [-0.25, -0.2) is 0 Å². The van der Waals surface area contributed by atoms with Crippen LogP contribution >= 0.6 is 0 Å². The van der Waals surface area contributed by atoms with Crippen LogP contribution in [0.1, 0.15) is 12.8 Å². The second kappa shape index (κ2) is 1.99. The molecule has 0 aromatic carbocycles. The molecule has 0 spiro atoms. The van der Waals surface area contributed by atoms with Gasteiger partial charge in [0.15, 0.2) is 5.78 Å². The van der Waals surface area contributed by atoms with Crippen LogP contribution in [0.4, 0.5) is 0 Å². The minimum absolute atomic E-state index is 0.188. The molecule has 0 bridgehead atoms. The Morgan fingerprint density at radius 3 is 2.62 bits per heavy atom. The minimum atomic E-state index is 0.188. The van der Waals surface area contributed by atoms with Gasteiger partial charge in [-0.2, -0.15) is 0 Å². The molecule has 1 aliphatic carbocycles. The Kier molecular flexibility index (Phi) is 1.33. The van der Waals surface area contributed by atoms with Gasteiger partial charge in [-0.05, 0) is 25.1 Å². The Morgan fingerprint density at radius 1 is 1.62 bits per heavy atom. The van der Waals surface area contributed by atoms with Crippen LogP contribution < -0.4 is 5.73 Å². The average molecular weight is 111 g/mol. The molecule has 0 atom stereocenters. The summed E-state index contributed by atoms with van der Waals surface area (Å²) >= 11 is 0. The molecule has 0 aliphatic heterocycles. The molecule has 0 radical (unpaired) electrons. The number of rotatable bonds is 2. The zero-order valence-electron chi connectivity index (χ0n) is 4.63. The van der Waals surface area contributed by atoms with Gasteiger partial charge in [0.05, 0.1) is 0 Å². The quantitative estimate of drug-likeness (QED) is 0.525. The largest absolute Gasteiger partial charge is 0.404 e. The predicted molar refractivity (Wildman–Crippen MR) is 31.1 cm³/mol. The van der Waals surface area contributed by atoms with E-state index in [2.05, 4.69) is 0 Å². The predicted octanol–water partition coefficient (Wildman–Crippen LogP) is 0.438. The molecule has 0 aromatic rings. The van der Waals surface area contributed by atoms with Gasteiger partial charge in [0.2, 0.25) is 0 Å². The van der Waals surface area contributed by atoms with E-state index in [9.17, 15) is 4.79 Å². The second-order valence-electron chi connectivity index (χ2n) is 2.04. The highest BCUT2D eigenvalue weighted by Gasteiger charge is 2.27. The lowest BCUT2D eigenvalue weighted by Gasteiger charge is -1.81. The van der Waals surface area contributed by atoms with Crippen LogP contribution in [0.25, 0.3) is 0 Å². The van der Waals surface area contributed by atoms with Crippen LogP contribution in [-0.2, 0) is 4.79 Å². The molecular weight excluding hydrogens is 102 g/mol. The molecule has 1 saturated carbocycles. The lowest BCUT2D eigenvalue weighted by Crippen LogP contribution is -1.95. The first-order chi connectivity index (χ1) is 3.84. The number of carbonyl (C=O) groups excluding carboxylic acids is 1. The summed E-state index contributed by atoms with van der Waals surface area (Å²) in [5.74, 6) is 0.502. The zero-order valence-corrected chi connectivity index (χ0v) is 4.63. The van der Waals surface area contributed by atoms with Crippen molar-refractivity contribution in [2.45, 2.75) is 12.8 Å². The fourth-order valence-corrected chi connectivity index (χ4v) is 0.599.